The zero-order valence-electron chi connectivity index (χ0n) is 13.7. The third-order valence-corrected chi connectivity index (χ3v) is 4.49. The van der Waals surface area contributed by atoms with Crippen molar-refractivity contribution in [3.05, 3.63) is 29.8 Å². The number of carbonyl (C=O) groups excluding carboxylic acids is 1. The summed E-state index contributed by atoms with van der Waals surface area (Å²) in [6.45, 7) is 4.99. The van der Waals surface area contributed by atoms with E-state index in [0.717, 1.165) is 45.7 Å². The predicted molar refractivity (Wildman–Crippen MR) is 94.2 cm³/mol. The lowest BCUT2D eigenvalue weighted by Crippen LogP contribution is -2.42. The van der Waals surface area contributed by atoms with Crippen molar-refractivity contribution in [1.82, 2.24) is 10.2 Å². The molecule has 0 aliphatic carbocycles. The normalized spacial score (nSPS) is 20.9. The fourth-order valence-electron chi connectivity index (χ4n) is 3.25. The maximum Gasteiger partial charge on any atom is 0.239 e. The first kappa shape index (κ1) is 18.0. The second kappa shape index (κ2) is 8.52. The molecule has 1 N–H and O–H groups in total. The fourth-order valence-corrected chi connectivity index (χ4v) is 3.25. The van der Waals surface area contributed by atoms with Crippen LogP contribution in [-0.2, 0) is 16.1 Å². The number of ether oxygens (including phenoxy) is 1. The molecule has 3 rings (SSSR count). The topological polar surface area (TPSA) is 44.8 Å². The van der Waals surface area contributed by atoms with Crippen molar-refractivity contribution in [1.29, 1.82) is 0 Å². The van der Waals surface area contributed by atoms with Crippen LogP contribution in [0.2, 0.25) is 0 Å². The molecule has 1 atom stereocenters. The Morgan fingerprint density at radius 1 is 1.35 bits per heavy atom. The molecule has 1 aromatic carbocycles. The average molecular weight is 340 g/mol. The minimum absolute atomic E-state index is 0. The molecule has 5 nitrogen and oxygen atoms in total. The van der Waals surface area contributed by atoms with E-state index in [1.165, 1.54) is 11.3 Å². The molecule has 0 radical (unpaired) electrons. The summed E-state index contributed by atoms with van der Waals surface area (Å²) in [6.07, 6.45) is 2.04. The van der Waals surface area contributed by atoms with Gasteiger partial charge in [0.15, 0.2) is 0 Å². The second-order valence-electron chi connectivity index (χ2n) is 6.07. The fraction of sp³-hybridized carbons (Fsp3) is 0.588. The van der Waals surface area contributed by atoms with Gasteiger partial charge in [-0.2, -0.15) is 0 Å². The van der Waals surface area contributed by atoms with Crippen molar-refractivity contribution >= 4 is 24.0 Å². The number of carbonyl (C=O) groups is 1. The molecule has 2 heterocycles. The number of morpholine rings is 1. The molecule has 2 saturated heterocycles. The second-order valence-corrected chi connectivity index (χ2v) is 6.07. The largest absolute Gasteiger partial charge is 0.378 e. The van der Waals surface area contributed by atoms with Gasteiger partial charge in [-0.05, 0) is 31.0 Å². The number of nitrogens with zero attached hydrogens (tertiary/aromatic N) is 2. The van der Waals surface area contributed by atoms with Gasteiger partial charge in [0, 0.05) is 32.4 Å². The van der Waals surface area contributed by atoms with Crippen LogP contribution in [0.25, 0.3) is 0 Å². The molecular formula is C17H26ClN3O2. The Morgan fingerprint density at radius 3 is 2.78 bits per heavy atom. The summed E-state index contributed by atoms with van der Waals surface area (Å²) in [7, 11) is 1.90. The molecule has 0 aromatic heterocycles. The van der Waals surface area contributed by atoms with Crippen LogP contribution >= 0.6 is 12.4 Å². The number of likely N-dealkylation sites (N-methyl/N-ethyl adjacent to an activating group) is 1. The van der Waals surface area contributed by atoms with E-state index < -0.39 is 0 Å². The van der Waals surface area contributed by atoms with Gasteiger partial charge in [0.2, 0.25) is 5.91 Å². The molecular weight excluding hydrogens is 314 g/mol. The highest BCUT2D eigenvalue weighted by atomic mass is 35.5. The maximum absolute atomic E-state index is 12.5. The van der Waals surface area contributed by atoms with Gasteiger partial charge in [-0.15, -0.1) is 12.4 Å². The number of anilines is 1. The van der Waals surface area contributed by atoms with Crippen molar-refractivity contribution in [2.24, 2.45) is 0 Å². The van der Waals surface area contributed by atoms with E-state index in [1.54, 1.807) is 0 Å². The quantitative estimate of drug-likeness (QED) is 0.906. The SMILES string of the molecule is CN(Cc1ccccc1N1CCOCC1)C(=O)C1CCCN1.Cl. The predicted octanol–water partition coefficient (Wildman–Crippen LogP) is 1.66. The van der Waals surface area contributed by atoms with Crippen LogP contribution in [0.5, 0.6) is 0 Å². The van der Waals surface area contributed by atoms with Crippen molar-refractivity contribution in [3.8, 4) is 0 Å². The van der Waals surface area contributed by atoms with E-state index in [2.05, 4.69) is 28.4 Å². The molecule has 128 valence electrons. The highest BCUT2D eigenvalue weighted by molar-refractivity contribution is 5.85. The molecule has 2 fully saturated rings. The minimum atomic E-state index is 0. The highest BCUT2D eigenvalue weighted by Crippen LogP contribution is 2.23. The van der Waals surface area contributed by atoms with Crippen LogP contribution in [0, 0.1) is 0 Å². The molecule has 6 heteroatoms. The Bertz CT molecular complexity index is 514. The van der Waals surface area contributed by atoms with Crippen LogP contribution in [-0.4, -0.2) is 56.7 Å². The molecule has 23 heavy (non-hydrogen) atoms. The van der Waals surface area contributed by atoms with E-state index in [0.29, 0.717) is 6.54 Å². The van der Waals surface area contributed by atoms with Gasteiger partial charge in [-0.25, -0.2) is 0 Å². The third kappa shape index (κ3) is 4.37. The first-order valence-corrected chi connectivity index (χ1v) is 8.14. The number of nitrogens with one attached hydrogen (secondary N) is 1. The number of benzene rings is 1. The van der Waals surface area contributed by atoms with Crippen LogP contribution < -0.4 is 10.2 Å². The summed E-state index contributed by atoms with van der Waals surface area (Å²) in [6, 6.07) is 8.38. The standard InChI is InChI=1S/C17H25N3O2.ClH/c1-19(17(21)15-6-4-8-18-15)13-14-5-2-3-7-16(14)20-9-11-22-12-10-20;/h2-3,5,7,15,18H,4,6,8-13H2,1H3;1H. The molecule has 0 spiro atoms. The molecule has 0 saturated carbocycles. The van der Waals surface area contributed by atoms with Gasteiger partial charge in [0.05, 0.1) is 19.3 Å². The van der Waals surface area contributed by atoms with Crippen LogP contribution in [0.15, 0.2) is 24.3 Å². The lowest BCUT2D eigenvalue weighted by atomic mass is 10.1. The average Bonchev–Trinajstić information content (AvgIpc) is 3.10. The summed E-state index contributed by atoms with van der Waals surface area (Å²) in [5.41, 5.74) is 2.43. The molecule has 0 bridgehead atoms. The molecule has 2 aliphatic rings. The zero-order valence-corrected chi connectivity index (χ0v) is 14.5. The Morgan fingerprint density at radius 2 is 2.09 bits per heavy atom. The van der Waals surface area contributed by atoms with Gasteiger partial charge in [0.1, 0.15) is 0 Å². The van der Waals surface area contributed by atoms with Gasteiger partial charge >= 0.3 is 0 Å². The van der Waals surface area contributed by atoms with Gasteiger partial charge in [0.25, 0.3) is 0 Å². The van der Waals surface area contributed by atoms with E-state index >= 15 is 0 Å². The van der Waals surface area contributed by atoms with Crippen molar-refractivity contribution in [3.63, 3.8) is 0 Å². The molecule has 2 aliphatic heterocycles. The van der Waals surface area contributed by atoms with E-state index in [-0.39, 0.29) is 24.4 Å². The molecule has 1 aromatic rings. The van der Waals surface area contributed by atoms with Gasteiger partial charge in [-0.1, -0.05) is 18.2 Å². The molecule has 1 amide bonds. The zero-order chi connectivity index (χ0) is 15.4. The Labute approximate surface area is 144 Å². The number of amides is 1. The maximum atomic E-state index is 12.5. The molecule has 1 unspecified atom stereocenters. The monoisotopic (exact) mass is 339 g/mol. The van der Waals surface area contributed by atoms with Crippen molar-refractivity contribution in [2.75, 3.05) is 44.8 Å². The van der Waals surface area contributed by atoms with E-state index in [1.807, 2.05) is 18.0 Å². The Balaban J connectivity index is 0.00000192. The lowest BCUT2D eigenvalue weighted by Gasteiger charge is -2.31. The smallest absolute Gasteiger partial charge is 0.239 e. The van der Waals surface area contributed by atoms with Crippen LogP contribution in [0.4, 0.5) is 5.69 Å². The van der Waals surface area contributed by atoms with Gasteiger partial charge < -0.3 is 19.9 Å². The third-order valence-electron chi connectivity index (χ3n) is 4.49. The van der Waals surface area contributed by atoms with Crippen molar-refractivity contribution < 1.29 is 9.53 Å². The van der Waals surface area contributed by atoms with Crippen LogP contribution in [0.1, 0.15) is 18.4 Å². The first-order valence-electron chi connectivity index (χ1n) is 8.14. The Hall–Kier alpha value is -1.30. The highest BCUT2D eigenvalue weighted by Gasteiger charge is 2.25. The van der Waals surface area contributed by atoms with E-state index in [9.17, 15) is 4.79 Å². The number of hydrogen-bond donors (Lipinski definition) is 1. The number of halogens is 1. The first-order chi connectivity index (χ1) is 10.8. The Kier molecular flexibility index (Phi) is 6.69. The van der Waals surface area contributed by atoms with Crippen molar-refractivity contribution in [2.45, 2.75) is 25.4 Å². The van der Waals surface area contributed by atoms with E-state index in [4.69, 9.17) is 4.74 Å². The number of hydrogen-bond acceptors (Lipinski definition) is 4. The number of rotatable bonds is 4. The van der Waals surface area contributed by atoms with Gasteiger partial charge in [-0.3, -0.25) is 4.79 Å². The van der Waals surface area contributed by atoms with Crippen LogP contribution in [0.3, 0.4) is 0 Å². The minimum Gasteiger partial charge on any atom is -0.378 e. The summed E-state index contributed by atoms with van der Waals surface area (Å²) < 4.78 is 5.43. The summed E-state index contributed by atoms with van der Waals surface area (Å²) in [4.78, 5) is 16.7. The summed E-state index contributed by atoms with van der Waals surface area (Å²) >= 11 is 0. The lowest BCUT2D eigenvalue weighted by molar-refractivity contribution is -0.132. The number of para-hydroxylation sites is 1. The summed E-state index contributed by atoms with van der Waals surface area (Å²) in [5, 5.41) is 3.28. The summed E-state index contributed by atoms with van der Waals surface area (Å²) in [5.74, 6) is 0.203.